The van der Waals surface area contributed by atoms with E-state index in [1.165, 1.54) is 33.5 Å². The maximum absolute atomic E-state index is 5.86. The van der Waals surface area contributed by atoms with Crippen LogP contribution in [-0.2, 0) is 7.05 Å². The molecule has 5 heteroatoms. The number of hydrogen-bond donors (Lipinski definition) is 1. The molecule has 3 nitrogen and oxygen atoms in total. The summed E-state index contributed by atoms with van der Waals surface area (Å²) >= 11 is 1.48. The Kier molecular flexibility index (Phi) is 4.11. The number of nitrogen functional groups attached to an aromatic ring is 1. The summed E-state index contributed by atoms with van der Waals surface area (Å²) in [4.78, 5) is 4.51. The highest BCUT2D eigenvalue weighted by Gasteiger charge is 2.19. The van der Waals surface area contributed by atoms with Crippen LogP contribution >= 0.6 is 23.7 Å². The average Bonchev–Trinajstić information content (AvgIpc) is 3.10. The van der Waals surface area contributed by atoms with Gasteiger partial charge in [-0.25, -0.2) is 4.98 Å². The molecule has 0 aliphatic heterocycles. The minimum Gasteiger partial charge on any atom is -0.375 e. The van der Waals surface area contributed by atoms with E-state index in [2.05, 4.69) is 65.1 Å². The van der Waals surface area contributed by atoms with Crippen LogP contribution in [0.3, 0.4) is 0 Å². The van der Waals surface area contributed by atoms with Crippen LogP contribution in [0.4, 0.5) is 5.13 Å². The molecule has 2 aromatic heterocycles. The van der Waals surface area contributed by atoms with Crippen molar-refractivity contribution in [2.24, 2.45) is 7.05 Å². The molecule has 0 saturated carbocycles. The Balaban J connectivity index is 0.00000156. The molecule has 0 spiro atoms. The predicted molar refractivity (Wildman–Crippen MR) is 101 cm³/mol. The molecule has 0 fully saturated rings. The molecular formula is C18H16ClN3S. The van der Waals surface area contributed by atoms with Crippen LogP contribution in [0.2, 0.25) is 0 Å². The molecule has 4 aromatic rings. The Hall–Kier alpha value is -2.30. The van der Waals surface area contributed by atoms with Crippen LogP contribution in [0.5, 0.6) is 0 Å². The van der Waals surface area contributed by atoms with Crippen molar-refractivity contribution in [2.45, 2.75) is 0 Å². The van der Waals surface area contributed by atoms with Crippen molar-refractivity contribution in [2.75, 3.05) is 5.73 Å². The Morgan fingerprint density at radius 3 is 2.39 bits per heavy atom. The van der Waals surface area contributed by atoms with E-state index >= 15 is 0 Å². The van der Waals surface area contributed by atoms with Gasteiger partial charge in [0.15, 0.2) is 5.13 Å². The monoisotopic (exact) mass is 341 g/mol. The van der Waals surface area contributed by atoms with Gasteiger partial charge in [-0.05, 0) is 11.6 Å². The highest BCUT2D eigenvalue weighted by molar-refractivity contribution is 7.13. The summed E-state index contributed by atoms with van der Waals surface area (Å²) < 4.78 is 2.23. The fourth-order valence-corrected chi connectivity index (χ4v) is 3.54. The molecule has 2 aromatic carbocycles. The van der Waals surface area contributed by atoms with E-state index in [0.29, 0.717) is 5.13 Å². The number of nitrogens with two attached hydrogens (primary N) is 1. The molecule has 0 amide bonds. The summed E-state index contributed by atoms with van der Waals surface area (Å²) in [6, 6.07) is 18.8. The van der Waals surface area contributed by atoms with Crippen molar-refractivity contribution < 1.29 is 0 Å². The van der Waals surface area contributed by atoms with Crippen molar-refractivity contribution in [1.82, 2.24) is 9.55 Å². The normalized spacial score (nSPS) is 10.7. The first kappa shape index (κ1) is 15.6. The molecule has 23 heavy (non-hydrogen) atoms. The van der Waals surface area contributed by atoms with Gasteiger partial charge in [-0.2, -0.15) is 0 Å². The lowest BCUT2D eigenvalue weighted by molar-refractivity contribution is 0.978. The smallest absolute Gasteiger partial charge is 0.180 e. The quantitative estimate of drug-likeness (QED) is 0.559. The first-order valence-corrected chi connectivity index (χ1v) is 7.98. The zero-order valence-electron chi connectivity index (χ0n) is 12.6. The molecule has 2 N–H and O–H groups in total. The lowest BCUT2D eigenvalue weighted by Gasteiger charge is -2.07. The third kappa shape index (κ3) is 2.50. The second-order valence-electron chi connectivity index (χ2n) is 5.24. The second kappa shape index (κ2) is 6.07. The van der Waals surface area contributed by atoms with Crippen LogP contribution in [0.25, 0.3) is 33.4 Å². The lowest BCUT2D eigenvalue weighted by Crippen LogP contribution is -1.92. The average molecular weight is 342 g/mol. The summed E-state index contributed by atoms with van der Waals surface area (Å²) in [6.45, 7) is 0. The van der Waals surface area contributed by atoms with Crippen molar-refractivity contribution in [3.8, 4) is 22.5 Å². The Bertz CT molecular complexity index is 957. The molecule has 4 rings (SSSR count). The van der Waals surface area contributed by atoms with E-state index in [1.807, 2.05) is 11.4 Å². The summed E-state index contributed by atoms with van der Waals surface area (Å²) in [5, 5.41) is 3.83. The molecule has 0 bridgehead atoms. The van der Waals surface area contributed by atoms with Crippen LogP contribution in [0, 0.1) is 0 Å². The number of fused-ring (bicyclic) bond motifs is 1. The number of para-hydroxylation sites is 1. The molecule has 0 unspecified atom stereocenters. The van der Waals surface area contributed by atoms with Crippen molar-refractivity contribution >= 4 is 39.8 Å². The summed E-state index contributed by atoms with van der Waals surface area (Å²) in [5.41, 5.74) is 11.5. The highest BCUT2D eigenvalue weighted by Crippen LogP contribution is 2.40. The van der Waals surface area contributed by atoms with Gasteiger partial charge in [0, 0.05) is 28.9 Å². The largest absolute Gasteiger partial charge is 0.375 e. The number of thiazole rings is 1. The zero-order chi connectivity index (χ0) is 15.1. The van der Waals surface area contributed by atoms with E-state index in [-0.39, 0.29) is 12.4 Å². The van der Waals surface area contributed by atoms with E-state index in [9.17, 15) is 0 Å². The fraction of sp³-hybridized carbons (Fsp3) is 0.0556. The highest BCUT2D eigenvalue weighted by atomic mass is 35.5. The minimum absolute atomic E-state index is 0. The van der Waals surface area contributed by atoms with E-state index in [0.717, 1.165) is 11.3 Å². The van der Waals surface area contributed by atoms with Crippen molar-refractivity contribution in [3.05, 3.63) is 60.0 Å². The molecule has 0 saturated heterocycles. The number of aryl methyl sites for hydroxylation is 1. The van der Waals surface area contributed by atoms with Crippen LogP contribution in [0.15, 0.2) is 60.0 Å². The van der Waals surface area contributed by atoms with Crippen LogP contribution in [-0.4, -0.2) is 9.55 Å². The van der Waals surface area contributed by atoms with Crippen LogP contribution < -0.4 is 5.73 Å². The van der Waals surface area contributed by atoms with Gasteiger partial charge in [-0.3, -0.25) is 0 Å². The predicted octanol–water partition coefficient (Wildman–Crippen LogP) is 4.97. The molecule has 0 aliphatic carbocycles. The Labute approximate surface area is 144 Å². The standard InChI is InChI=1S/C18H15N3S.ClH/c1-21-15-10-6-5-9-13(15)16(14-11-22-18(19)20-14)17(21)12-7-3-2-4-8-12;/h2-11H,1H3,(H2,19,20);1H. The van der Waals surface area contributed by atoms with E-state index in [4.69, 9.17) is 5.73 Å². The van der Waals surface area contributed by atoms with E-state index in [1.54, 1.807) is 0 Å². The van der Waals surface area contributed by atoms with Crippen molar-refractivity contribution in [1.29, 1.82) is 0 Å². The molecule has 0 atom stereocenters. The van der Waals surface area contributed by atoms with Crippen molar-refractivity contribution in [3.63, 3.8) is 0 Å². The number of nitrogens with zero attached hydrogens (tertiary/aromatic N) is 2. The third-order valence-corrected chi connectivity index (χ3v) is 4.61. The first-order chi connectivity index (χ1) is 10.8. The lowest BCUT2D eigenvalue weighted by atomic mass is 10.0. The maximum atomic E-state index is 5.86. The number of halogens is 1. The zero-order valence-corrected chi connectivity index (χ0v) is 14.2. The third-order valence-electron chi connectivity index (χ3n) is 3.93. The number of benzene rings is 2. The fourth-order valence-electron chi connectivity index (χ4n) is 2.99. The van der Waals surface area contributed by atoms with Gasteiger partial charge in [-0.15, -0.1) is 23.7 Å². The second-order valence-corrected chi connectivity index (χ2v) is 6.13. The number of rotatable bonds is 2. The summed E-state index contributed by atoms with van der Waals surface area (Å²) in [5.74, 6) is 0. The van der Waals surface area contributed by atoms with Gasteiger partial charge in [0.2, 0.25) is 0 Å². The van der Waals surface area contributed by atoms with E-state index < -0.39 is 0 Å². The number of hydrogen-bond acceptors (Lipinski definition) is 3. The van der Waals surface area contributed by atoms with Gasteiger partial charge in [0.1, 0.15) is 0 Å². The Morgan fingerprint density at radius 1 is 1.00 bits per heavy atom. The molecule has 116 valence electrons. The Morgan fingerprint density at radius 2 is 1.70 bits per heavy atom. The molecular weight excluding hydrogens is 326 g/mol. The summed E-state index contributed by atoms with van der Waals surface area (Å²) in [7, 11) is 2.10. The topological polar surface area (TPSA) is 43.8 Å². The van der Waals surface area contributed by atoms with Gasteiger partial charge >= 0.3 is 0 Å². The molecule has 0 radical (unpaired) electrons. The van der Waals surface area contributed by atoms with Crippen LogP contribution in [0.1, 0.15) is 0 Å². The van der Waals surface area contributed by atoms with Gasteiger partial charge in [0.25, 0.3) is 0 Å². The van der Waals surface area contributed by atoms with Gasteiger partial charge < -0.3 is 10.3 Å². The minimum atomic E-state index is 0. The van der Waals surface area contributed by atoms with Gasteiger partial charge in [0.05, 0.1) is 11.4 Å². The molecule has 2 heterocycles. The maximum Gasteiger partial charge on any atom is 0.180 e. The summed E-state index contributed by atoms with van der Waals surface area (Å²) in [6.07, 6.45) is 0. The molecule has 0 aliphatic rings. The SMILES string of the molecule is Cl.Cn1c(-c2ccccc2)c(-c2csc(N)n2)c2ccccc21. The number of anilines is 1. The first-order valence-electron chi connectivity index (χ1n) is 7.10. The van der Waals surface area contributed by atoms with Gasteiger partial charge in [-0.1, -0.05) is 48.5 Å². The number of aromatic nitrogens is 2.